The van der Waals surface area contributed by atoms with Crippen molar-refractivity contribution >= 4 is 67.7 Å². The third kappa shape index (κ3) is 38.0. The molecule has 0 aromatic rings. The Morgan fingerprint density at radius 3 is 1.26 bits per heavy atom. The molecule has 4 amide bonds. The van der Waals surface area contributed by atoms with E-state index in [1.165, 1.54) is 20.4 Å². The number of amides is 4. The number of nitrogens with zero attached hydrogens (tertiary/aromatic N) is 1. The molecule has 49 nitrogen and oxygen atoms in total. The summed E-state index contributed by atoms with van der Waals surface area (Å²) in [5.41, 5.74) is 5.30. The Labute approximate surface area is 611 Å². The van der Waals surface area contributed by atoms with Gasteiger partial charge in [0, 0.05) is 46.4 Å². The molecule has 5 aliphatic heterocycles. The molecule has 0 saturated carbocycles. The van der Waals surface area contributed by atoms with Gasteiger partial charge in [0.1, 0.15) is 91.2 Å². The zero-order chi connectivity index (χ0) is 80.0. The molecule has 0 spiro atoms. The van der Waals surface area contributed by atoms with Gasteiger partial charge in [-0.2, -0.15) is 0 Å². The minimum atomic E-state index is -6.00. The fraction of sp³-hybridized carbons (Fsp3) is 0.846. The SMILES string of the molecule is C=C1NC(=O)C=CN1C1OC(COP(=O)([O-])OP(=O)([O-])O[C@H]2OC(CO)[C@H](O)[C@H](O)C2NC(=O)CCOCCOCCOC)C(O)C1O.COCCOCCOCCC(=O)NC1[C@@H](OP(=O)([O-])[O-])OC(CO)[C@H](O)[C@@H]1O.COCCOCCOCCC(=O)NS.NC1[C@@H](OP(=O)([O-])[O-])OC(CO)[C@H](O)[C@@H]1O. The molecular formula is C52H94N6O43P4S-6. The molecule has 17 N–H and O–H groups in total. The zero-order valence-electron chi connectivity index (χ0n) is 57.1. The Balaban J connectivity index is 0.000000549. The fourth-order valence-electron chi connectivity index (χ4n) is 8.84. The van der Waals surface area contributed by atoms with Crippen LogP contribution in [-0.4, -0.2) is 348 Å². The first kappa shape index (κ1) is 99.1. The lowest BCUT2D eigenvalue weighted by Crippen LogP contribution is -2.64. The Morgan fingerprint density at radius 1 is 0.519 bits per heavy atom. The van der Waals surface area contributed by atoms with Crippen molar-refractivity contribution < 1.29 is 207 Å². The summed E-state index contributed by atoms with van der Waals surface area (Å²) in [6.45, 7) is 4.93. The van der Waals surface area contributed by atoms with E-state index >= 15 is 0 Å². The third-order valence-electron chi connectivity index (χ3n) is 14.2. The van der Waals surface area contributed by atoms with Gasteiger partial charge in [0.2, 0.25) is 17.7 Å². The van der Waals surface area contributed by atoms with Gasteiger partial charge in [-0.25, -0.2) is 4.31 Å². The summed E-state index contributed by atoms with van der Waals surface area (Å²) in [6, 6.07) is -4.79. The molecule has 0 aliphatic carbocycles. The van der Waals surface area contributed by atoms with Gasteiger partial charge in [-0.15, -0.1) is 0 Å². The minimum absolute atomic E-state index is 0.00189. The summed E-state index contributed by atoms with van der Waals surface area (Å²) in [5, 5.41) is 114. The second-order valence-corrected chi connectivity index (χ2v) is 27.4. The highest BCUT2D eigenvalue weighted by Gasteiger charge is 2.50. The predicted molar refractivity (Wildman–Crippen MR) is 336 cm³/mol. The van der Waals surface area contributed by atoms with Crippen LogP contribution in [0.4, 0.5) is 0 Å². The Hall–Kier alpha value is -3.01. The van der Waals surface area contributed by atoms with Gasteiger partial charge in [-0.05, 0) is 0 Å². The van der Waals surface area contributed by atoms with Gasteiger partial charge < -0.3 is 201 Å². The van der Waals surface area contributed by atoms with Gasteiger partial charge in [0.25, 0.3) is 21.6 Å². The number of hydrogen-bond acceptors (Lipinski definition) is 46. The van der Waals surface area contributed by atoms with Gasteiger partial charge in [0.05, 0.1) is 154 Å². The summed E-state index contributed by atoms with van der Waals surface area (Å²) in [6.07, 6.45) is -24.7. The third-order valence-corrected chi connectivity index (χ3v) is 17.9. The molecule has 622 valence electrons. The first-order valence-electron chi connectivity index (χ1n) is 31.5. The van der Waals surface area contributed by atoms with Gasteiger partial charge in [-0.3, -0.25) is 32.8 Å². The number of carbonyl (C=O) groups is 4. The lowest BCUT2D eigenvalue weighted by Gasteiger charge is -2.45. The van der Waals surface area contributed by atoms with Crippen molar-refractivity contribution in [2.24, 2.45) is 5.73 Å². The van der Waals surface area contributed by atoms with Crippen LogP contribution in [0.15, 0.2) is 24.7 Å². The molecule has 5 heterocycles. The molecule has 4 saturated heterocycles. The lowest BCUT2D eigenvalue weighted by atomic mass is 9.97. The Morgan fingerprint density at radius 2 is 0.877 bits per heavy atom. The number of methoxy groups -OCH3 is 3. The predicted octanol–water partition coefficient (Wildman–Crippen LogP) is -13.7. The van der Waals surface area contributed by atoms with Crippen LogP contribution in [-0.2, 0) is 121 Å². The maximum atomic E-state index is 12.6. The summed E-state index contributed by atoms with van der Waals surface area (Å²) >= 11 is 3.60. The van der Waals surface area contributed by atoms with Crippen LogP contribution in [0.2, 0.25) is 0 Å². The largest absolute Gasteiger partial charge is 0.790 e. The van der Waals surface area contributed by atoms with Crippen LogP contribution in [0, 0.1) is 0 Å². The smallest absolute Gasteiger partial charge is 0.276 e. The molecule has 0 aromatic heterocycles. The Kier molecular flexibility index (Phi) is 48.2. The lowest BCUT2D eigenvalue weighted by molar-refractivity contribution is -0.363. The van der Waals surface area contributed by atoms with Crippen LogP contribution in [0.5, 0.6) is 0 Å². The number of phosphoric ester groups is 4. The van der Waals surface area contributed by atoms with Crippen molar-refractivity contribution in [1.82, 2.24) is 25.6 Å². The van der Waals surface area contributed by atoms with Gasteiger partial charge >= 0.3 is 0 Å². The standard InChI is InChI=1S/C24H41N3O19P2.C14H28NO12P.C8H17NO4S.C6H14NO8P/c1-13-25-16(29)3-5-27(13)23-22(34)20(32)15(43-23)12-42-47(35,36)46-48(37,38)45-24-18(21(33)19(31)14(11-28)44-24)26-17(30)4-6-40-9-10-41-8-7-39-2;1-23-4-5-25-7-6-24-3-2-10(17)15-11-13(19)12(18)9(8-16)26-14(11)27-28(20,21)22;1-11-4-5-13-7-6-12-3-2-8(10)9-14;7-3-5(10)4(9)2(1-8)14-6(3)15-16(11,12)13/h3,5,14-15,18-24,28,31-34H,1,4,6-12H2,2H3,(H,25,29)(H,26,30)(H,35,36)(H,37,38);9,11-14,16,18-19H,2-8H2,1H3,(H,15,17)(H2,20,21,22);14H,2-7H2,1H3,(H,9,10);2-6,8-10H,1,7H2,(H2,11,12,13)/p-6/t14?,15?,18?,19-,20?,21+,22?,23?,24+;9?,11?,12-,13+,14+;;2?,3?,4-,5+,6+/m00.0/s1. The van der Waals surface area contributed by atoms with E-state index in [2.05, 4.69) is 62.5 Å². The van der Waals surface area contributed by atoms with Crippen molar-refractivity contribution in [3.8, 4) is 0 Å². The number of nitrogens with one attached hydrogen (secondary N) is 4. The van der Waals surface area contributed by atoms with Crippen LogP contribution in [0.3, 0.4) is 0 Å². The number of aliphatic hydroxyl groups excluding tert-OH is 11. The number of rotatable bonds is 44. The normalized spacial score (nSPS) is 30.1. The van der Waals surface area contributed by atoms with Crippen molar-refractivity contribution in [2.75, 3.05) is 147 Å². The summed E-state index contributed by atoms with van der Waals surface area (Å²) in [4.78, 5) is 115. The summed E-state index contributed by atoms with van der Waals surface area (Å²) < 4.78 is 136. The van der Waals surface area contributed by atoms with Crippen molar-refractivity contribution in [3.63, 3.8) is 0 Å². The van der Waals surface area contributed by atoms with Crippen molar-refractivity contribution in [1.29, 1.82) is 0 Å². The highest BCUT2D eigenvalue weighted by atomic mass is 32.1. The number of hydrogen-bond donors (Lipinski definition) is 17. The second-order valence-electron chi connectivity index (χ2n) is 22.0. The number of aliphatic hydroxyl groups is 11. The second kappa shape index (κ2) is 51.6. The number of carbonyl (C=O) groups excluding carboxylic acids is 4. The van der Waals surface area contributed by atoms with Crippen LogP contribution in [0.25, 0.3) is 0 Å². The average Bonchev–Trinajstić information content (AvgIpc) is 1.20. The van der Waals surface area contributed by atoms with Crippen molar-refractivity contribution in [2.45, 2.75) is 136 Å². The molecular weight excluding hydrogens is 1550 g/mol. The molecule has 4 fully saturated rings. The number of ether oxygens (including phenoxy) is 13. The maximum Gasteiger partial charge on any atom is 0.276 e. The molecule has 0 bridgehead atoms. The van der Waals surface area contributed by atoms with Crippen molar-refractivity contribution in [3.05, 3.63) is 24.7 Å². The quantitative estimate of drug-likeness (QED) is 0.0153. The average molecular weight is 1650 g/mol. The Bertz CT molecular complexity index is 2780. The molecule has 5 aliphatic rings. The first-order chi connectivity index (χ1) is 49.8. The van der Waals surface area contributed by atoms with E-state index in [4.69, 9.17) is 77.5 Å². The van der Waals surface area contributed by atoms with Gasteiger partial charge in [-0.1, -0.05) is 19.4 Å². The summed E-state index contributed by atoms with van der Waals surface area (Å²) in [5.74, 6) is -2.21. The van der Waals surface area contributed by atoms with E-state index in [1.54, 1.807) is 7.11 Å². The fourth-order valence-corrected chi connectivity index (χ4v) is 11.9. The molecule has 21 atom stereocenters. The number of nitrogens with two attached hydrogens (primary N) is 1. The van der Waals surface area contributed by atoms with Crippen LogP contribution in [0.1, 0.15) is 19.3 Å². The first-order valence-corrected chi connectivity index (χ1v) is 37.8. The van der Waals surface area contributed by atoms with E-state index < -0.39 is 192 Å². The van der Waals surface area contributed by atoms with E-state index in [9.17, 15) is 113 Å². The molecule has 0 aromatic carbocycles. The maximum absolute atomic E-state index is 12.6. The van der Waals surface area contributed by atoms with E-state index in [-0.39, 0.29) is 57.6 Å². The number of phosphoric acid groups is 4. The topological polar surface area (TPSA) is 741 Å². The van der Waals surface area contributed by atoms with Gasteiger partial charge in [0.15, 0.2) is 25.1 Å². The highest BCUT2D eigenvalue weighted by molar-refractivity contribution is 7.78. The van der Waals surface area contributed by atoms with E-state index in [0.717, 1.165) is 11.0 Å². The number of thiol groups is 1. The molecule has 5 rings (SSSR count). The van der Waals surface area contributed by atoms with Crippen LogP contribution >= 0.6 is 44.1 Å². The minimum Gasteiger partial charge on any atom is -0.790 e. The zero-order valence-corrected chi connectivity index (χ0v) is 61.6. The molecule has 0 radical (unpaired) electrons. The molecule has 54 heteroatoms. The van der Waals surface area contributed by atoms with E-state index in [0.29, 0.717) is 72.5 Å². The molecule has 12 unspecified atom stereocenters. The van der Waals surface area contributed by atoms with Crippen LogP contribution < -0.4 is 55.8 Å². The molecule has 106 heavy (non-hydrogen) atoms. The summed E-state index contributed by atoms with van der Waals surface area (Å²) in [7, 11) is -18.0. The van der Waals surface area contributed by atoms with E-state index in [1.807, 2.05) is 0 Å². The highest BCUT2D eigenvalue weighted by Crippen LogP contribution is 2.57. The monoisotopic (exact) mass is 1650 g/mol.